The van der Waals surface area contributed by atoms with E-state index >= 15 is 0 Å². The molecule has 3 N–H and O–H groups in total. The maximum atomic E-state index is 12.9. The van der Waals surface area contributed by atoms with Crippen LogP contribution >= 0.6 is 0 Å². The predicted octanol–water partition coefficient (Wildman–Crippen LogP) is 3.55. The molecule has 3 rings (SSSR count). The summed E-state index contributed by atoms with van der Waals surface area (Å²) in [6.07, 6.45) is 3.57. The first kappa shape index (κ1) is 21.1. The topological polar surface area (TPSA) is 95.7 Å². The number of nitrogens with one attached hydrogen (secondary N) is 1. The van der Waals surface area contributed by atoms with Crippen LogP contribution < -0.4 is 15.4 Å². The summed E-state index contributed by atoms with van der Waals surface area (Å²) in [7, 11) is -2.02. The number of anilines is 2. The SMILES string of the molecule is CC(c1ccc(S(N)(=O)=O)cc1)N(C)C(=O)Nc1ccccc1N1CCCCC1. The second-order valence-electron chi connectivity index (χ2n) is 7.40. The lowest BCUT2D eigenvalue weighted by atomic mass is 10.1. The van der Waals surface area contributed by atoms with Crippen LogP contribution in [0.4, 0.5) is 16.2 Å². The van der Waals surface area contributed by atoms with Crippen LogP contribution in [0.15, 0.2) is 53.4 Å². The molecule has 0 aromatic heterocycles. The van der Waals surface area contributed by atoms with Crippen LogP contribution in [0.3, 0.4) is 0 Å². The highest BCUT2D eigenvalue weighted by atomic mass is 32.2. The van der Waals surface area contributed by atoms with Crippen LogP contribution in [0.5, 0.6) is 0 Å². The molecule has 1 fully saturated rings. The number of hydrogen-bond donors (Lipinski definition) is 2. The Morgan fingerprint density at radius 3 is 2.31 bits per heavy atom. The van der Waals surface area contributed by atoms with Crippen LogP contribution in [-0.2, 0) is 10.0 Å². The predicted molar refractivity (Wildman–Crippen MR) is 116 cm³/mol. The lowest BCUT2D eigenvalue weighted by Gasteiger charge is -2.31. The number of hydrogen-bond acceptors (Lipinski definition) is 4. The number of nitrogens with two attached hydrogens (primary N) is 1. The molecule has 8 heteroatoms. The van der Waals surface area contributed by atoms with Crippen LogP contribution in [-0.4, -0.2) is 39.5 Å². The minimum absolute atomic E-state index is 0.0519. The van der Waals surface area contributed by atoms with Crippen molar-refractivity contribution < 1.29 is 13.2 Å². The highest BCUT2D eigenvalue weighted by molar-refractivity contribution is 7.89. The van der Waals surface area contributed by atoms with E-state index in [0.717, 1.165) is 42.9 Å². The van der Waals surface area contributed by atoms with Gasteiger partial charge in [-0.3, -0.25) is 0 Å². The van der Waals surface area contributed by atoms with Gasteiger partial charge in [0.25, 0.3) is 0 Å². The van der Waals surface area contributed by atoms with Crippen molar-refractivity contribution in [3.63, 3.8) is 0 Å². The summed E-state index contributed by atoms with van der Waals surface area (Å²) in [6, 6.07) is 13.7. The van der Waals surface area contributed by atoms with Gasteiger partial charge in [-0.1, -0.05) is 24.3 Å². The van der Waals surface area contributed by atoms with Gasteiger partial charge in [-0.2, -0.15) is 0 Å². The minimum atomic E-state index is -3.74. The van der Waals surface area contributed by atoms with Crippen LogP contribution in [0.2, 0.25) is 0 Å². The number of nitrogens with zero attached hydrogens (tertiary/aromatic N) is 2. The molecule has 1 heterocycles. The standard InChI is InChI=1S/C21H28N4O3S/c1-16(17-10-12-18(13-11-17)29(22,27)28)24(2)21(26)23-19-8-4-5-9-20(19)25-14-6-3-7-15-25/h4-5,8-13,16H,3,6-7,14-15H2,1-2H3,(H,23,26)(H2,22,27,28). The molecule has 0 bridgehead atoms. The molecular formula is C21H28N4O3S. The van der Waals surface area contributed by atoms with E-state index in [0.29, 0.717) is 0 Å². The molecule has 0 aliphatic carbocycles. The smallest absolute Gasteiger partial charge is 0.322 e. The van der Waals surface area contributed by atoms with Crippen molar-refractivity contribution in [2.75, 3.05) is 30.4 Å². The zero-order chi connectivity index (χ0) is 21.0. The minimum Gasteiger partial charge on any atom is -0.370 e. The molecule has 0 saturated carbocycles. The summed E-state index contributed by atoms with van der Waals surface area (Å²) in [5.74, 6) is 0. The monoisotopic (exact) mass is 416 g/mol. The van der Waals surface area contributed by atoms with E-state index < -0.39 is 10.0 Å². The van der Waals surface area contributed by atoms with Crippen molar-refractivity contribution >= 4 is 27.4 Å². The molecule has 1 aliphatic rings. The Balaban J connectivity index is 1.72. The largest absolute Gasteiger partial charge is 0.370 e. The molecule has 7 nitrogen and oxygen atoms in total. The Hall–Kier alpha value is -2.58. The summed E-state index contributed by atoms with van der Waals surface area (Å²) in [5.41, 5.74) is 2.65. The van der Waals surface area contributed by atoms with E-state index in [4.69, 9.17) is 5.14 Å². The molecule has 156 valence electrons. The fraction of sp³-hybridized carbons (Fsp3) is 0.381. The number of carbonyl (C=O) groups is 1. The van der Waals surface area contributed by atoms with Gasteiger partial charge in [0.05, 0.1) is 22.3 Å². The number of urea groups is 1. The van der Waals surface area contributed by atoms with Gasteiger partial charge >= 0.3 is 6.03 Å². The van der Waals surface area contributed by atoms with Crippen molar-refractivity contribution in [1.82, 2.24) is 4.90 Å². The van der Waals surface area contributed by atoms with Crippen molar-refractivity contribution in [3.8, 4) is 0 Å². The second kappa shape index (κ2) is 8.84. The normalized spacial score (nSPS) is 15.6. The first-order valence-electron chi connectivity index (χ1n) is 9.78. The Bertz CT molecular complexity index is 954. The molecule has 1 aliphatic heterocycles. The lowest BCUT2D eigenvalue weighted by Crippen LogP contribution is -2.35. The van der Waals surface area contributed by atoms with Gasteiger partial charge in [-0.25, -0.2) is 18.4 Å². The summed E-state index contributed by atoms with van der Waals surface area (Å²) in [4.78, 5) is 16.8. The number of piperidine rings is 1. The zero-order valence-corrected chi connectivity index (χ0v) is 17.7. The lowest BCUT2D eigenvalue weighted by molar-refractivity contribution is 0.208. The molecule has 2 aromatic carbocycles. The summed E-state index contributed by atoms with van der Waals surface area (Å²) < 4.78 is 22.8. The van der Waals surface area contributed by atoms with Gasteiger partial charge < -0.3 is 15.1 Å². The molecule has 1 saturated heterocycles. The van der Waals surface area contributed by atoms with Crippen molar-refractivity contribution in [2.24, 2.45) is 5.14 Å². The number of benzene rings is 2. The fourth-order valence-corrected chi connectivity index (χ4v) is 4.04. The van der Waals surface area contributed by atoms with Crippen LogP contribution in [0.1, 0.15) is 37.8 Å². The Morgan fingerprint density at radius 2 is 1.69 bits per heavy atom. The van der Waals surface area contributed by atoms with Gasteiger partial charge in [-0.15, -0.1) is 0 Å². The van der Waals surface area contributed by atoms with Gasteiger partial charge in [0.2, 0.25) is 10.0 Å². The number of amides is 2. The quantitative estimate of drug-likeness (QED) is 0.779. The van der Waals surface area contributed by atoms with Crippen molar-refractivity contribution in [3.05, 3.63) is 54.1 Å². The Morgan fingerprint density at radius 1 is 1.07 bits per heavy atom. The fourth-order valence-electron chi connectivity index (χ4n) is 3.53. The number of para-hydroxylation sites is 2. The van der Waals surface area contributed by atoms with Gasteiger partial charge in [0.1, 0.15) is 0 Å². The summed E-state index contributed by atoms with van der Waals surface area (Å²) in [6.45, 7) is 3.88. The maximum Gasteiger partial charge on any atom is 0.322 e. The highest BCUT2D eigenvalue weighted by Gasteiger charge is 2.21. The number of sulfonamides is 1. The number of rotatable bonds is 5. The third-order valence-corrected chi connectivity index (χ3v) is 6.36. The van der Waals surface area contributed by atoms with E-state index in [1.54, 1.807) is 24.1 Å². The summed E-state index contributed by atoms with van der Waals surface area (Å²) >= 11 is 0. The molecule has 2 amide bonds. The van der Waals surface area contributed by atoms with E-state index in [1.807, 2.05) is 31.2 Å². The Labute approximate surface area is 172 Å². The molecule has 29 heavy (non-hydrogen) atoms. The van der Waals surface area contributed by atoms with E-state index in [-0.39, 0.29) is 17.0 Å². The number of primary sulfonamides is 1. The van der Waals surface area contributed by atoms with E-state index in [2.05, 4.69) is 10.2 Å². The molecule has 1 unspecified atom stereocenters. The first-order chi connectivity index (χ1) is 13.8. The zero-order valence-electron chi connectivity index (χ0n) is 16.8. The molecule has 0 spiro atoms. The van der Waals surface area contributed by atoms with Crippen LogP contribution in [0.25, 0.3) is 0 Å². The highest BCUT2D eigenvalue weighted by Crippen LogP contribution is 2.29. The molecule has 2 aromatic rings. The average molecular weight is 417 g/mol. The van der Waals surface area contributed by atoms with Crippen molar-refractivity contribution in [2.45, 2.75) is 37.1 Å². The Kier molecular flexibility index (Phi) is 6.44. The van der Waals surface area contributed by atoms with E-state index in [9.17, 15) is 13.2 Å². The van der Waals surface area contributed by atoms with Gasteiger partial charge in [0.15, 0.2) is 0 Å². The van der Waals surface area contributed by atoms with Crippen molar-refractivity contribution in [1.29, 1.82) is 0 Å². The second-order valence-corrected chi connectivity index (χ2v) is 8.96. The third kappa shape index (κ3) is 5.07. The maximum absolute atomic E-state index is 12.9. The number of carbonyl (C=O) groups excluding carboxylic acids is 1. The first-order valence-corrected chi connectivity index (χ1v) is 11.3. The third-order valence-electron chi connectivity index (χ3n) is 5.43. The van der Waals surface area contributed by atoms with E-state index in [1.165, 1.54) is 18.6 Å². The average Bonchev–Trinajstić information content (AvgIpc) is 2.73. The van der Waals surface area contributed by atoms with Gasteiger partial charge in [0, 0.05) is 20.1 Å². The molecule has 1 atom stereocenters. The van der Waals surface area contributed by atoms with Gasteiger partial charge in [-0.05, 0) is 56.0 Å². The molecule has 0 radical (unpaired) electrons. The van der Waals surface area contributed by atoms with Crippen LogP contribution in [0, 0.1) is 0 Å². The summed E-state index contributed by atoms with van der Waals surface area (Å²) in [5, 5.41) is 8.17. The molecular weight excluding hydrogens is 388 g/mol.